The van der Waals surface area contributed by atoms with Gasteiger partial charge < -0.3 is 10.7 Å². The van der Waals surface area contributed by atoms with Gasteiger partial charge in [-0.25, -0.2) is 0 Å². The Labute approximate surface area is 109 Å². The van der Waals surface area contributed by atoms with Crippen LogP contribution in [0.25, 0.3) is 0 Å². The first-order chi connectivity index (χ1) is 8.62. The number of carbonyl (C=O) groups is 1. The molecule has 0 radical (unpaired) electrons. The Balaban J connectivity index is 2.64. The van der Waals surface area contributed by atoms with Crippen LogP contribution in [0.2, 0.25) is 0 Å². The summed E-state index contributed by atoms with van der Waals surface area (Å²) in [5.74, 6) is 5.78. The molecule has 0 saturated carbocycles. The highest BCUT2D eigenvalue weighted by atomic mass is 16.1. The molecule has 0 aliphatic rings. The van der Waals surface area contributed by atoms with Crippen molar-refractivity contribution >= 4 is 11.6 Å². The summed E-state index contributed by atoms with van der Waals surface area (Å²) in [6.07, 6.45) is 2.15. The predicted molar refractivity (Wildman–Crippen MR) is 75.3 cm³/mol. The SMILES string of the molecule is CCC(CC)C(C)NC(=O)c1ccc(NN)cc1. The van der Waals surface area contributed by atoms with Crippen LogP contribution in [0.3, 0.4) is 0 Å². The average molecular weight is 249 g/mol. The molecule has 0 aliphatic heterocycles. The molecule has 1 rings (SSSR count). The van der Waals surface area contributed by atoms with E-state index in [0.29, 0.717) is 11.5 Å². The molecule has 0 aliphatic carbocycles. The fourth-order valence-corrected chi connectivity index (χ4v) is 2.12. The molecule has 4 N–H and O–H groups in total. The van der Waals surface area contributed by atoms with Crippen LogP contribution in [0.15, 0.2) is 24.3 Å². The lowest BCUT2D eigenvalue weighted by molar-refractivity contribution is 0.0925. The topological polar surface area (TPSA) is 67.2 Å². The number of amides is 1. The zero-order valence-corrected chi connectivity index (χ0v) is 11.4. The van der Waals surface area contributed by atoms with Crippen molar-refractivity contribution in [1.29, 1.82) is 0 Å². The summed E-state index contributed by atoms with van der Waals surface area (Å²) in [7, 11) is 0. The number of hydrogen-bond donors (Lipinski definition) is 3. The maximum atomic E-state index is 12.0. The number of hydrogen-bond acceptors (Lipinski definition) is 3. The third-order valence-electron chi connectivity index (χ3n) is 3.43. The first-order valence-corrected chi connectivity index (χ1v) is 6.49. The quantitative estimate of drug-likeness (QED) is 0.536. The average Bonchev–Trinajstić information content (AvgIpc) is 2.40. The van der Waals surface area contributed by atoms with E-state index in [1.807, 2.05) is 0 Å². The fourth-order valence-electron chi connectivity index (χ4n) is 2.12. The highest BCUT2D eigenvalue weighted by Gasteiger charge is 2.16. The van der Waals surface area contributed by atoms with Crippen molar-refractivity contribution in [3.8, 4) is 0 Å². The second-order valence-corrected chi connectivity index (χ2v) is 4.56. The first-order valence-electron chi connectivity index (χ1n) is 6.49. The minimum absolute atomic E-state index is 0.0297. The van der Waals surface area contributed by atoms with E-state index in [4.69, 9.17) is 5.84 Å². The number of anilines is 1. The number of hydrazine groups is 1. The van der Waals surface area contributed by atoms with Gasteiger partial charge in [0.2, 0.25) is 0 Å². The van der Waals surface area contributed by atoms with Crippen LogP contribution in [0.1, 0.15) is 44.0 Å². The second kappa shape index (κ2) is 7.01. The summed E-state index contributed by atoms with van der Waals surface area (Å²) < 4.78 is 0. The number of nitrogen functional groups attached to an aromatic ring is 1. The van der Waals surface area contributed by atoms with Crippen LogP contribution in [0.4, 0.5) is 5.69 Å². The Bertz CT molecular complexity index is 371. The normalized spacial score (nSPS) is 12.3. The Hall–Kier alpha value is -1.55. The minimum Gasteiger partial charge on any atom is -0.349 e. The molecular formula is C14H23N3O. The first kappa shape index (κ1) is 14.5. The molecule has 1 amide bonds. The molecule has 1 aromatic rings. The predicted octanol–water partition coefficient (Wildman–Crippen LogP) is 2.53. The second-order valence-electron chi connectivity index (χ2n) is 4.56. The Morgan fingerprint density at radius 1 is 1.22 bits per heavy atom. The number of nitrogens with two attached hydrogens (primary N) is 1. The number of benzene rings is 1. The van der Waals surface area contributed by atoms with Crippen LogP contribution in [-0.2, 0) is 0 Å². The Morgan fingerprint density at radius 3 is 2.22 bits per heavy atom. The molecule has 1 unspecified atom stereocenters. The number of rotatable bonds is 6. The van der Waals surface area contributed by atoms with Gasteiger partial charge in [0.15, 0.2) is 0 Å². The van der Waals surface area contributed by atoms with E-state index in [9.17, 15) is 4.79 Å². The molecule has 1 aromatic carbocycles. The molecule has 0 bridgehead atoms. The smallest absolute Gasteiger partial charge is 0.251 e. The van der Waals surface area contributed by atoms with Gasteiger partial charge in [-0.2, -0.15) is 0 Å². The lowest BCUT2D eigenvalue weighted by Crippen LogP contribution is -2.37. The zero-order valence-electron chi connectivity index (χ0n) is 11.4. The molecule has 0 saturated heterocycles. The summed E-state index contributed by atoms with van der Waals surface area (Å²) in [6, 6.07) is 7.31. The van der Waals surface area contributed by atoms with Crippen LogP contribution < -0.4 is 16.6 Å². The maximum Gasteiger partial charge on any atom is 0.251 e. The van der Waals surface area contributed by atoms with Crippen LogP contribution in [0, 0.1) is 5.92 Å². The third-order valence-corrected chi connectivity index (χ3v) is 3.43. The van der Waals surface area contributed by atoms with Crippen molar-refractivity contribution in [3.63, 3.8) is 0 Å². The molecule has 1 atom stereocenters. The van der Waals surface area contributed by atoms with Gasteiger partial charge in [0.1, 0.15) is 0 Å². The number of carbonyl (C=O) groups excluding carboxylic acids is 1. The van der Waals surface area contributed by atoms with Crippen molar-refractivity contribution in [3.05, 3.63) is 29.8 Å². The summed E-state index contributed by atoms with van der Waals surface area (Å²) in [5, 5.41) is 3.04. The van der Waals surface area contributed by atoms with Gasteiger partial charge in [-0.05, 0) is 37.1 Å². The fraction of sp³-hybridized carbons (Fsp3) is 0.500. The van der Waals surface area contributed by atoms with Gasteiger partial charge in [0.25, 0.3) is 5.91 Å². The summed E-state index contributed by atoms with van der Waals surface area (Å²) in [5.41, 5.74) is 3.99. The standard InChI is InChI=1S/C14H23N3O/c1-4-11(5-2)10(3)16-14(18)12-6-8-13(17-15)9-7-12/h6-11,17H,4-5,15H2,1-3H3,(H,16,18). The zero-order chi connectivity index (χ0) is 13.5. The largest absolute Gasteiger partial charge is 0.349 e. The molecule has 18 heavy (non-hydrogen) atoms. The minimum atomic E-state index is -0.0297. The van der Waals surface area contributed by atoms with Crippen molar-refractivity contribution in [2.24, 2.45) is 11.8 Å². The van der Waals surface area contributed by atoms with Gasteiger partial charge in [-0.1, -0.05) is 26.7 Å². The molecular weight excluding hydrogens is 226 g/mol. The van der Waals surface area contributed by atoms with E-state index in [2.05, 4.69) is 31.5 Å². The molecule has 0 spiro atoms. The van der Waals surface area contributed by atoms with Gasteiger partial charge in [0.05, 0.1) is 0 Å². The van der Waals surface area contributed by atoms with Gasteiger partial charge >= 0.3 is 0 Å². The summed E-state index contributed by atoms with van der Waals surface area (Å²) in [4.78, 5) is 12.0. The number of nitrogens with one attached hydrogen (secondary N) is 2. The highest BCUT2D eigenvalue weighted by molar-refractivity contribution is 5.94. The Kier molecular flexibility index (Phi) is 5.65. The lowest BCUT2D eigenvalue weighted by atomic mass is 9.95. The van der Waals surface area contributed by atoms with Gasteiger partial charge in [0, 0.05) is 17.3 Å². The molecule has 4 nitrogen and oxygen atoms in total. The van der Waals surface area contributed by atoms with E-state index >= 15 is 0 Å². The van der Waals surface area contributed by atoms with Crippen molar-refractivity contribution in [2.45, 2.75) is 39.7 Å². The van der Waals surface area contributed by atoms with E-state index in [1.54, 1.807) is 24.3 Å². The molecule has 100 valence electrons. The van der Waals surface area contributed by atoms with E-state index in [0.717, 1.165) is 18.5 Å². The summed E-state index contributed by atoms with van der Waals surface area (Å²) in [6.45, 7) is 6.36. The highest BCUT2D eigenvalue weighted by Crippen LogP contribution is 2.14. The van der Waals surface area contributed by atoms with E-state index in [1.165, 1.54) is 0 Å². The lowest BCUT2D eigenvalue weighted by Gasteiger charge is -2.22. The van der Waals surface area contributed by atoms with E-state index in [-0.39, 0.29) is 11.9 Å². The van der Waals surface area contributed by atoms with Gasteiger partial charge in [-0.3, -0.25) is 10.6 Å². The van der Waals surface area contributed by atoms with Gasteiger partial charge in [-0.15, -0.1) is 0 Å². The Morgan fingerprint density at radius 2 is 1.78 bits per heavy atom. The van der Waals surface area contributed by atoms with E-state index < -0.39 is 0 Å². The van der Waals surface area contributed by atoms with Crippen molar-refractivity contribution in [2.75, 3.05) is 5.43 Å². The monoisotopic (exact) mass is 249 g/mol. The van der Waals surface area contributed by atoms with Crippen LogP contribution in [-0.4, -0.2) is 11.9 Å². The van der Waals surface area contributed by atoms with Crippen molar-refractivity contribution < 1.29 is 4.79 Å². The van der Waals surface area contributed by atoms with Crippen molar-refractivity contribution in [1.82, 2.24) is 5.32 Å². The van der Waals surface area contributed by atoms with Crippen LogP contribution in [0.5, 0.6) is 0 Å². The maximum absolute atomic E-state index is 12.0. The molecule has 0 heterocycles. The third kappa shape index (κ3) is 3.74. The van der Waals surface area contributed by atoms with Crippen LogP contribution >= 0.6 is 0 Å². The molecule has 0 fully saturated rings. The summed E-state index contributed by atoms with van der Waals surface area (Å²) >= 11 is 0. The molecule has 4 heteroatoms. The molecule has 0 aromatic heterocycles.